The Bertz CT molecular complexity index is 1080. The molecule has 0 saturated heterocycles. The Morgan fingerprint density at radius 2 is 1.65 bits per heavy atom. The molecule has 0 radical (unpaired) electrons. The molecule has 0 spiro atoms. The predicted octanol–water partition coefficient (Wildman–Crippen LogP) is 5.65. The first-order valence-electron chi connectivity index (χ1n) is 11.2. The molecule has 0 unspecified atom stereocenters. The number of hydrogen-bond donors (Lipinski definition) is 1. The van der Waals surface area contributed by atoms with Gasteiger partial charge in [0.1, 0.15) is 11.8 Å². The van der Waals surface area contributed by atoms with E-state index in [0.29, 0.717) is 34.8 Å². The number of halogens is 2. The number of carbonyl (C=O) groups is 2. The summed E-state index contributed by atoms with van der Waals surface area (Å²) in [7, 11) is 0. The summed E-state index contributed by atoms with van der Waals surface area (Å²) in [6.45, 7) is 2.63. The zero-order valence-electron chi connectivity index (χ0n) is 19.0. The van der Waals surface area contributed by atoms with Crippen LogP contribution in [-0.2, 0) is 22.6 Å². The highest BCUT2D eigenvalue weighted by molar-refractivity contribution is 9.10. The summed E-state index contributed by atoms with van der Waals surface area (Å²) in [6.07, 6.45) is 1.21. The molecule has 0 bridgehead atoms. The number of benzene rings is 3. The summed E-state index contributed by atoms with van der Waals surface area (Å²) in [5.41, 5.74) is 1.91. The van der Waals surface area contributed by atoms with Gasteiger partial charge in [0.05, 0.1) is 4.47 Å². The van der Waals surface area contributed by atoms with E-state index >= 15 is 0 Å². The zero-order valence-corrected chi connectivity index (χ0v) is 21.4. The summed E-state index contributed by atoms with van der Waals surface area (Å²) in [5, 5.41) is 3.53. The summed E-state index contributed by atoms with van der Waals surface area (Å²) < 4.78 is 6.46. The van der Waals surface area contributed by atoms with Crippen LogP contribution in [0, 0.1) is 0 Å². The molecular formula is C27H28BrClN2O3. The first kappa shape index (κ1) is 25.8. The van der Waals surface area contributed by atoms with E-state index in [9.17, 15) is 9.59 Å². The average Bonchev–Trinajstić information content (AvgIpc) is 2.85. The van der Waals surface area contributed by atoms with E-state index in [2.05, 4.69) is 21.2 Å². The van der Waals surface area contributed by atoms with Crippen molar-refractivity contribution in [3.63, 3.8) is 0 Å². The van der Waals surface area contributed by atoms with Gasteiger partial charge in [-0.25, -0.2) is 0 Å². The van der Waals surface area contributed by atoms with E-state index in [4.69, 9.17) is 16.3 Å². The Hall–Kier alpha value is -2.83. The van der Waals surface area contributed by atoms with Crippen molar-refractivity contribution in [3.8, 4) is 5.75 Å². The van der Waals surface area contributed by atoms with Crippen molar-refractivity contribution in [2.45, 2.75) is 32.4 Å². The largest absolute Gasteiger partial charge is 0.483 e. The number of carbonyl (C=O) groups excluding carboxylic acids is 2. The predicted molar refractivity (Wildman–Crippen MR) is 139 cm³/mol. The second-order valence-corrected chi connectivity index (χ2v) is 9.16. The van der Waals surface area contributed by atoms with Crippen LogP contribution in [0.4, 0.5) is 0 Å². The van der Waals surface area contributed by atoms with E-state index in [1.54, 1.807) is 23.1 Å². The fourth-order valence-corrected chi connectivity index (χ4v) is 4.31. The number of amides is 2. The van der Waals surface area contributed by atoms with Crippen molar-refractivity contribution in [2.24, 2.45) is 0 Å². The number of rotatable bonds is 11. The van der Waals surface area contributed by atoms with E-state index < -0.39 is 6.04 Å². The Balaban J connectivity index is 1.87. The molecule has 0 fully saturated rings. The molecule has 7 heteroatoms. The van der Waals surface area contributed by atoms with Gasteiger partial charge >= 0.3 is 0 Å². The van der Waals surface area contributed by atoms with Crippen LogP contribution in [0.25, 0.3) is 0 Å². The van der Waals surface area contributed by atoms with Crippen LogP contribution in [0.3, 0.4) is 0 Å². The summed E-state index contributed by atoms with van der Waals surface area (Å²) in [5.74, 6) is 0.0494. The van der Waals surface area contributed by atoms with Crippen LogP contribution < -0.4 is 10.1 Å². The number of nitrogens with zero attached hydrogens (tertiary/aromatic N) is 1. The van der Waals surface area contributed by atoms with Gasteiger partial charge in [0.15, 0.2) is 6.61 Å². The number of hydrogen-bond acceptors (Lipinski definition) is 3. The molecule has 0 aliphatic rings. The van der Waals surface area contributed by atoms with Gasteiger partial charge in [-0.2, -0.15) is 0 Å². The van der Waals surface area contributed by atoms with Crippen molar-refractivity contribution < 1.29 is 14.3 Å². The molecule has 1 N–H and O–H groups in total. The van der Waals surface area contributed by atoms with Crippen molar-refractivity contribution in [3.05, 3.63) is 99.5 Å². The average molecular weight is 544 g/mol. The molecule has 0 saturated carbocycles. The summed E-state index contributed by atoms with van der Waals surface area (Å²) in [6, 6.07) is 23.8. The van der Waals surface area contributed by atoms with Crippen LogP contribution in [-0.4, -0.2) is 35.9 Å². The van der Waals surface area contributed by atoms with Gasteiger partial charge in [-0.1, -0.05) is 79.2 Å². The van der Waals surface area contributed by atoms with Gasteiger partial charge in [-0.15, -0.1) is 0 Å². The fourth-order valence-electron chi connectivity index (χ4n) is 3.51. The van der Waals surface area contributed by atoms with Crippen molar-refractivity contribution >= 4 is 39.3 Å². The molecular weight excluding hydrogens is 516 g/mol. The normalized spacial score (nSPS) is 11.5. The minimum Gasteiger partial charge on any atom is -0.483 e. The standard InChI is InChI=1S/C27H28BrClN2O3/c1-2-15-30-27(33)24(16-20-9-5-3-6-10-20)31(18-21-11-7-4-8-12-21)26(32)19-34-25-14-13-22(29)17-23(25)28/h3-14,17,24H,2,15-16,18-19H2,1H3,(H,30,33)/t24-/m0/s1. The third-order valence-corrected chi connectivity index (χ3v) is 6.12. The van der Waals surface area contributed by atoms with Crippen molar-refractivity contribution in [2.75, 3.05) is 13.2 Å². The maximum Gasteiger partial charge on any atom is 0.261 e. The highest BCUT2D eigenvalue weighted by Crippen LogP contribution is 2.28. The highest BCUT2D eigenvalue weighted by Gasteiger charge is 2.30. The molecule has 2 amide bonds. The Labute approximate surface area is 214 Å². The molecule has 0 heterocycles. The lowest BCUT2D eigenvalue weighted by Gasteiger charge is -2.31. The zero-order chi connectivity index (χ0) is 24.3. The minimum absolute atomic E-state index is 0.178. The maximum absolute atomic E-state index is 13.5. The fraction of sp³-hybridized carbons (Fsp3) is 0.259. The quantitative estimate of drug-likeness (QED) is 0.340. The van der Waals surface area contributed by atoms with Gasteiger partial charge in [0.25, 0.3) is 5.91 Å². The molecule has 178 valence electrons. The lowest BCUT2D eigenvalue weighted by Crippen LogP contribution is -2.51. The van der Waals surface area contributed by atoms with Crippen LogP contribution in [0.2, 0.25) is 5.02 Å². The molecule has 5 nitrogen and oxygen atoms in total. The Morgan fingerprint density at radius 3 is 2.26 bits per heavy atom. The Kier molecular flexibility index (Phi) is 9.98. The van der Waals surface area contributed by atoms with Crippen LogP contribution in [0.15, 0.2) is 83.3 Å². The molecule has 3 aromatic rings. The smallest absolute Gasteiger partial charge is 0.261 e. The SMILES string of the molecule is CCCNC(=O)[C@H](Cc1ccccc1)N(Cc1ccccc1)C(=O)COc1ccc(Cl)cc1Br. The third-order valence-electron chi connectivity index (χ3n) is 5.26. The Morgan fingerprint density at radius 1 is 1.00 bits per heavy atom. The third kappa shape index (κ3) is 7.61. The van der Waals surface area contributed by atoms with Gasteiger partial charge in [-0.3, -0.25) is 9.59 Å². The summed E-state index contributed by atoms with van der Waals surface area (Å²) in [4.78, 5) is 28.3. The monoisotopic (exact) mass is 542 g/mol. The van der Waals surface area contributed by atoms with Gasteiger partial charge < -0.3 is 15.0 Å². The molecule has 0 aliphatic carbocycles. The lowest BCUT2D eigenvalue weighted by atomic mass is 10.0. The van der Waals surface area contributed by atoms with E-state index in [0.717, 1.165) is 17.5 Å². The second kappa shape index (κ2) is 13.2. The highest BCUT2D eigenvalue weighted by atomic mass is 79.9. The van der Waals surface area contributed by atoms with E-state index in [1.807, 2.05) is 67.6 Å². The van der Waals surface area contributed by atoms with E-state index in [-0.39, 0.29) is 18.4 Å². The van der Waals surface area contributed by atoms with Crippen molar-refractivity contribution in [1.29, 1.82) is 0 Å². The molecule has 34 heavy (non-hydrogen) atoms. The lowest BCUT2D eigenvalue weighted by molar-refractivity contribution is -0.142. The summed E-state index contributed by atoms with van der Waals surface area (Å²) >= 11 is 9.42. The van der Waals surface area contributed by atoms with Crippen molar-refractivity contribution in [1.82, 2.24) is 10.2 Å². The van der Waals surface area contributed by atoms with E-state index in [1.165, 1.54) is 0 Å². The molecule has 3 rings (SSSR count). The molecule has 1 atom stereocenters. The number of ether oxygens (including phenoxy) is 1. The number of nitrogens with one attached hydrogen (secondary N) is 1. The van der Waals surface area contributed by atoms with Crippen LogP contribution >= 0.6 is 27.5 Å². The molecule has 0 aliphatic heterocycles. The first-order chi connectivity index (χ1) is 16.5. The minimum atomic E-state index is -0.682. The van der Waals surface area contributed by atoms with Gasteiger partial charge in [0, 0.05) is 24.5 Å². The maximum atomic E-state index is 13.5. The van der Waals surface area contributed by atoms with Crippen LogP contribution in [0.1, 0.15) is 24.5 Å². The topological polar surface area (TPSA) is 58.6 Å². The van der Waals surface area contributed by atoms with Gasteiger partial charge in [0.2, 0.25) is 5.91 Å². The van der Waals surface area contributed by atoms with Gasteiger partial charge in [-0.05, 0) is 51.7 Å². The first-order valence-corrected chi connectivity index (χ1v) is 12.4. The van der Waals surface area contributed by atoms with Crippen LogP contribution in [0.5, 0.6) is 5.75 Å². The molecule has 3 aromatic carbocycles. The molecule has 0 aromatic heterocycles. The second-order valence-electron chi connectivity index (χ2n) is 7.87.